The number of hydrogen-bond donors (Lipinski definition) is 0. The van der Waals surface area contributed by atoms with Crippen LogP contribution in [0.1, 0.15) is 42.3 Å². The molecule has 0 amide bonds. The molecule has 0 saturated carbocycles. The van der Waals surface area contributed by atoms with Gasteiger partial charge in [-0.25, -0.2) is 13.6 Å². The van der Waals surface area contributed by atoms with Crippen molar-refractivity contribution >= 4 is 28.9 Å². The summed E-state index contributed by atoms with van der Waals surface area (Å²) in [4.78, 5) is 14.5. The molecule has 0 fully saturated rings. The number of anilines is 1. The third-order valence-corrected chi connectivity index (χ3v) is 5.39. The van der Waals surface area contributed by atoms with Gasteiger partial charge >= 0.3 is 5.97 Å². The van der Waals surface area contributed by atoms with Gasteiger partial charge in [0.1, 0.15) is 0 Å². The summed E-state index contributed by atoms with van der Waals surface area (Å²) >= 11 is 5.61. The van der Waals surface area contributed by atoms with Crippen molar-refractivity contribution in [2.24, 2.45) is 0 Å². The van der Waals surface area contributed by atoms with E-state index in [0.29, 0.717) is 4.99 Å². The van der Waals surface area contributed by atoms with E-state index in [-0.39, 0.29) is 24.3 Å². The van der Waals surface area contributed by atoms with Gasteiger partial charge in [0.25, 0.3) is 0 Å². The zero-order valence-electron chi connectivity index (χ0n) is 14.8. The fourth-order valence-corrected chi connectivity index (χ4v) is 3.53. The second-order valence-electron chi connectivity index (χ2n) is 6.64. The number of halogens is 2. The van der Waals surface area contributed by atoms with E-state index in [2.05, 4.69) is 0 Å². The maximum Gasteiger partial charge on any atom is 0.338 e. The minimum absolute atomic E-state index is 0.00994. The SMILES string of the molecule is CCOC(=O)c1ccc(F)c(F)c1CN1C(=S)C(C)(C)c2ccccc21. The number of nitrogens with zero attached hydrogens (tertiary/aromatic N) is 1. The van der Waals surface area contributed by atoms with Crippen LogP contribution in [-0.2, 0) is 16.7 Å². The van der Waals surface area contributed by atoms with Crippen LogP contribution < -0.4 is 4.90 Å². The molecule has 0 aromatic heterocycles. The number of para-hydroxylation sites is 1. The standard InChI is InChI=1S/C20H19F2NO2S/c1-4-25-18(24)12-9-10-15(21)17(22)13(12)11-23-16-8-6-5-7-14(16)20(2,3)19(23)26/h5-10H,4,11H2,1-3H3. The first-order chi connectivity index (χ1) is 12.3. The van der Waals surface area contributed by atoms with Gasteiger partial charge in [-0.15, -0.1) is 0 Å². The Morgan fingerprint density at radius 2 is 1.88 bits per heavy atom. The molecule has 1 heterocycles. The summed E-state index contributed by atoms with van der Waals surface area (Å²) in [7, 11) is 0. The molecule has 2 aromatic carbocycles. The lowest BCUT2D eigenvalue weighted by Gasteiger charge is -2.25. The molecule has 3 rings (SSSR count). The van der Waals surface area contributed by atoms with E-state index in [1.807, 2.05) is 38.1 Å². The number of carbonyl (C=O) groups excluding carboxylic acids is 1. The van der Waals surface area contributed by atoms with Gasteiger partial charge in [0.05, 0.1) is 23.7 Å². The van der Waals surface area contributed by atoms with Crippen molar-refractivity contribution in [2.45, 2.75) is 32.7 Å². The third kappa shape index (κ3) is 2.88. The highest BCUT2D eigenvalue weighted by atomic mass is 32.1. The predicted molar refractivity (Wildman–Crippen MR) is 101 cm³/mol. The van der Waals surface area contributed by atoms with Crippen LogP contribution in [0.2, 0.25) is 0 Å². The number of ether oxygens (including phenoxy) is 1. The maximum absolute atomic E-state index is 14.6. The van der Waals surface area contributed by atoms with E-state index in [0.717, 1.165) is 17.3 Å². The van der Waals surface area contributed by atoms with E-state index in [1.54, 1.807) is 11.8 Å². The number of fused-ring (bicyclic) bond motifs is 1. The zero-order chi connectivity index (χ0) is 19.1. The summed E-state index contributed by atoms with van der Waals surface area (Å²) in [5, 5.41) is 0. The highest BCUT2D eigenvalue weighted by molar-refractivity contribution is 7.80. The molecule has 0 spiro atoms. The maximum atomic E-state index is 14.6. The second kappa shape index (κ2) is 6.76. The Balaban J connectivity index is 2.08. The third-order valence-electron chi connectivity index (χ3n) is 4.66. The van der Waals surface area contributed by atoms with E-state index in [9.17, 15) is 13.6 Å². The Morgan fingerprint density at radius 1 is 1.19 bits per heavy atom. The first kappa shape index (κ1) is 18.5. The van der Waals surface area contributed by atoms with Crippen LogP contribution >= 0.6 is 12.2 Å². The van der Waals surface area contributed by atoms with Crippen molar-refractivity contribution in [3.63, 3.8) is 0 Å². The molecular formula is C20H19F2NO2S. The summed E-state index contributed by atoms with van der Waals surface area (Å²) in [5.41, 5.74) is 1.38. The molecule has 0 bridgehead atoms. The Kier molecular flexibility index (Phi) is 4.80. The van der Waals surface area contributed by atoms with Gasteiger partial charge in [-0.3, -0.25) is 0 Å². The summed E-state index contributed by atoms with van der Waals surface area (Å²) in [5.74, 6) is -2.75. The molecule has 0 aliphatic carbocycles. The topological polar surface area (TPSA) is 29.5 Å². The number of carbonyl (C=O) groups is 1. The lowest BCUT2D eigenvalue weighted by molar-refractivity contribution is 0.0524. The van der Waals surface area contributed by atoms with Crippen LogP contribution in [-0.4, -0.2) is 17.6 Å². The van der Waals surface area contributed by atoms with Gasteiger partial charge in [0.15, 0.2) is 11.6 Å². The zero-order valence-corrected chi connectivity index (χ0v) is 15.6. The quantitative estimate of drug-likeness (QED) is 0.569. The first-order valence-corrected chi connectivity index (χ1v) is 8.75. The normalized spacial score (nSPS) is 15.1. The average Bonchev–Trinajstić information content (AvgIpc) is 2.80. The van der Waals surface area contributed by atoms with Gasteiger partial charge in [-0.05, 0) is 44.5 Å². The van der Waals surface area contributed by atoms with Crippen LogP contribution in [0.15, 0.2) is 36.4 Å². The fourth-order valence-electron chi connectivity index (χ4n) is 3.26. The molecule has 6 heteroatoms. The number of benzene rings is 2. The first-order valence-electron chi connectivity index (χ1n) is 8.34. The summed E-state index contributed by atoms with van der Waals surface area (Å²) in [6, 6.07) is 9.82. The summed E-state index contributed by atoms with van der Waals surface area (Å²) in [6.07, 6.45) is 0. The number of rotatable bonds is 4. The minimum Gasteiger partial charge on any atom is -0.462 e. The van der Waals surface area contributed by atoms with Crippen LogP contribution in [0.25, 0.3) is 0 Å². The largest absolute Gasteiger partial charge is 0.462 e. The van der Waals surface area contributed by atoms with Crippen LogP contribution in [0, 0.1) is 11.6 Å². The van der Waals surface area contributed by atoms with E-state index >= 15 is 0 Å². The number of esters is 1. The van der Waals surface area contributed by atoms with Crippen molar-refractivity contribution in [2.75, 3.05) is 11.5 Å². The lowest BCUT2D eigenvalue weighted by atomic mass is 9.87. The van der Waals surface area contributed by atoms with Crippen LogP contribution in [0.3, 0.4) is 0 Å². The van der Waals surface area contributed by atoms with Gasteiger partial charge in [-0.1, -0.05) is 30.4 Å². The van der Waals surface area contributed by atoms with Gasteiger partial charge in [-0.2, -0.15) is 0 Å². The van der Waals surface area contributed by atoms with Crippen molar-refractivity contribution < 1.29 is 18.3 Å². The molecule has 0 unspecified atom stereocenters. The van der Waals surface area contributed by atoms with Crippen molar-refractivity contribution in [1.82, 2.24) is 0 Å². The molecule has 3 nitrogen and oxygen atoms in total. The van der Waals surface area contributed by atoms with E-state index in [1.165, 1.54) is 6.07 Å². The predicted octanol–water partition coefficient (Wildman–Crippen LogP) is 4.77. The lowest BCUT2D eigenvalue weighted by Crippen LogP contribution is -2.35. The second-order valence-corrected chi connectivity index (χ2v) is 7.03. The Labute approximate surface area is 156 Å². The summed E-state index contributed by atoms with van der Waals surface area (Å²) in [6.45, 7) is 5.74. The van der Waals surface area contributed by atoms with Crippen LogP contribution in [0.4, 0.5) is 14.5 Å². The molecule has 136 valence electrons. The molecule has 26 heavy (non-hydrogen) atoms. The number of thiocarbonyl (C=S) groups is 1. The summed E-state index contributed by atoms with van der Waals surface area (Å²) < 4.78 is 33.4. The van der Waals surface area contributed by atoms with Crippen molar-refractivity contribution in [3.05, 3.63) is 64.7 Å². The highest BCUT2D eigenvalue weighted by Gasteiger charge is 2.40. The smallest absolute Gasteiger partial charge is 0.338 e. The van der Waals surface area contributed by atoms with Crippen molar-refractivity contribution in [1.29, 1.82) is 0 Å². The van der Waals surface area contributed by atoms with Gasteiger partial charge in [0.2, 0.25) is 0 Å². The molecule has 2 aromatic rings. The Hall–Kier alpha value is -2.34. The van der Waals surface area contributed by atoms with E-state index in [4.69, 9.17) is 17.0 Å². The van der Waals surface area contributed by atoms with Crippen molar-refractivity contribution in [3.8, 4) is 0 Å². The average molecular weight is 375 g/mol. The Morgan fingerprint density at radius 3 is 2.58 bits per heavy atom. The highest BCUT2D eigenvalue weighted by Crippen LogP contribution is 2.43. The van der Waals surface area contributed by atoms with E-state index < -0.39 is 23.0 Å². The van der Waals surface area contributed by atoms with Crippen LogP contribution in [0.5, 0.6) is 0 Å². The fraction of sp³-hybridized carbons (Fsp3) is 0.300. The molecule has 0 atom stereocenters. The molecule has 0 N–H and O–H groups in total. The monoisotopic (exact) mass is 375 g/mol. The number of hydrogen-bond acceptors (Lipinski definition) is 3. The minimum atomic E-state index is -1.06. The molecule has 1 aliphatic rings. The molecular weight excluding hydrogens is 356 g/mol. The van der Waals surface area contributed by atoms with Gasteiger partial charge in [0, 0.05) is 16.7 Å². The van der Waals surface area contributed by atoms with Gasteiger partial charge < -0.3 is 9.64 Å². The Bertz CT molecular complexity index is 895. The molecule has 1 aliphatic heterocycles. The molecule has 0 saturated heterocycles. The molecule has 0 radical (unpaired) electrons.